The molecular formula is C10H13NO. The lowest BCUT2D eigenvalue weighted by Gasteiger charge is -2.24. The fourth-order valence-electron chi connectivity index (χ4n) is 3.26. The molecule has 2 saturated carbocycles. The SMILES string of the molecule is N#CC1OC12C[C@@H]1CC[C@@H](C1)C2. The standard InChI is InChI=1S/C10H13NO/c11-6-9-10(12-9)4-7-1-2-8(3-7)5-10/h7-9H,1-5H2/t7-,8+,9?,10?. The molecule has 2 heteroatoms. The fourth-order valence-corrected chi connectivity index (χ4v) is 3.26. The summed E-state index contributed by atoms with van der Waals surface area (Å²) in [6, 6.07) is 2.25. The third-order valence-electron chi connectivity index (χ3n) is 3.81. The highest BCUT2D eigenvalue weighted by atomic mass is 16.6. The minimum absolute atomic E-state index is 0.0405. The molecule has 2 nitrogen and oxygen atoms in total. The Morgan fingerprint density at radius 3 is 2.42 bits per heavy atom. The van der Waals surface area contributed by atoms with Crippen LogP contribution in [-0.2, 0) is 4.74 Å². The topological polar surface area (TPSA) is 36.3 Å². The highest BCUT2D eigenvalue weighted by Gasteiger charge is 2.61. The second-order valence-corrected chi connectivity index (χ2v) is 4.65. The molecule has 12 heavy (non-hydrogen) atoms. The molecule has 0 radical (unpaired) electrons. The maximum absolute atomic E-state index is 8.74. The summed E-state index contributed by atoms with van der Waals surface area (Å²) in [7, 11) is 0. The number of hydrogen-bond acceptors (Lipinski definition) is 2. The maximum Gasteiger partial charge on any atom is 0.173 e. The van der Waals surface area contributed by atoms with Gasteiger partial charge in [-0.05, 0) is 31.1 Å². The molecule has 1 aliphatic heterocycles. The molecule has 1 heterocycles. The largest absolute Gasteiger partial charge is 0.350 e. The Bertz CT molecular complexity index is 243. The summed E-state index contributed by atoms with van der Waals surface area (Å²) >= 11 is 0. The molecule has 4 atom stereocenters. The van der Waals surface area contributed by atoms with E-state index in [4.69, 9.17) is 10.00 Å². The average molecular weight is 163 g/mol. The average Bonchev–Trinajstić information content (AvgIpc) is 2.62. The van der Waals surface area contributed by atoms with E-state index in [2.05, 4.69) is 6.07 Å². The first-order valence-electron chi connectivity index (χ1n) is 4.90. The minimum Gasteiger partial charge on any atom is -0.350 e. The Kier molecular flexibility index (Phi) is 1.17. The van der Waals surface area contributed by atoms with Gasteiger partial charge in [0.25, 0.3) is 0 Å². The minimum atomic E-state index is -0.0547. The highest BCUT2D eigenvalue weighted by molar-refractivity contribution is 5.17. The molecule has 0 aromatic heterocycles. The molecule has 1 saturated heterocycles. The van der Waals surface area contributed by atoms with Crippen molar-refractivity contribution in [3.05, 3.63) is 0 Å². The maximum atomic E-state index is 8.74. The van der Waals surface area contributed by atoms with Crippen LogP contribution in [0.1, 0.15) is 32.1 Å². The third-order valence-corrected chi connectivity index (χ3v) is 3.81. The van der Waals surface area contributed by atoms with E-state index in [1.54, 1.807) is 0 Å². The van der Waals surface area contributed by atoms with Crippen LogP contribution in [0.15, 0.2) is 0 Å². The van der Waals surface area contributed by atoms with Gasteiger partial charge in [0.1, 0.15) is 5.60 Å². The highest BCUT2D eigenvalue weighted by Crippen LogP contribution is 2.56. The molecule has 3 rings (SSSR count). The van der Waals surface area contributed by atoms with Gasteiger partial charge in [0.15, 0.2) is 6.10 Å². The van der Waals surface area contributed by atoms with E-state index in [1.165, 1.54) is 32.1 Å². The summed E-state index contributed by atoms with van der Waals surface area (Å²) < 4.78 is 5.51. The smallest absolute Gasteiger partial charge is 0.173 e. The molecule has 3 fully saturated rings. The second-order valence-electron chi connectivity index (χ2n) is 4.65. The Balaban J connectivity index is 1.81. The molecule has 1 spiro atoms. The lowest BCUT2D eigenvalue weighted by Crippen LogP contribution is -2.25. The van der Waals surface area contributed by atoms with E-state index in [-0.39, 0.29) is 11.7 Å². The first-order valence-corrected chi connectivity index (χ1v) is 4.90. The van der Waals surface area contributed by atoms with Crippen LogP contribution >= 0.6 is 0 Å². The van der Waals surface area contributed by atoms with Gasteiger partial charge in [-0.25, -0.2) is 0 Å². The quantitative estimate of drug-likeness (QED) is 0.511. The fraction of sp³-hybridized carbons (Fsp3) is 0.900. The summed E-state index contributed by atoms with van der Waals surface area (Å²) in [6.45, 7) is 0. The van der Waals surface area contributed by atoms with Gasteiger partial charge in [0.05, 0.1) is 6.07 Å². The normalized spacial score (nSPS) is 55.4. The van der Waals surface area contributed by atoms with Crippen LogP contribution in [0.25, 0.3) is 0 Å². The molecule has 0 amide bonds. The van der Waals surface area contributed by atoms with Crippen LogP contribution in [0, 0.1) is 23.2 Å². The predicted octanol–water partition coefficient (Wildman–Crippen LogP) is 1.86. The number of epoxide rings is 1. The Morgan fingerprint density at radius 2 is 1.92 bits per heavy atom. The molecule has 0 aromatic rings. The molecule has 2 aliphatic carbocycles. The van der Waals surface area contributed by atoms with Crippen molar-refractivity contribution >= 4 is 0 Å². The Labute approximate surface area is 72.5 Å². The zero-order valence-corrected chi connectivity index (χ0v) is 7.12. The number of ether oxygens (including phenoxy) is 1. The summed E-state index contributed by atoms with van der Waals surface area (Å²) in [5, 5.41) is 8.74. The Hall–Kier alpha value is -0.550. The lowest BCUT2D eigenvalue weighted by atomic mass is 9.79. The predicted molar refractivity (Wildman–Crippen MR) is 43.3 cm³/mol. The van der Waals surface area contributed by atoms with Crippen molar-refractivity contribution in [1.29, 1.82) is 5.26 Å². The number of nitrogens with zero attached hydrogens (tertiary/aromatic N) is 1. The molecule has 0 aromatic carbocycles. The number of hydrogen-bond donors (Lipinski definition) is 0. The molecule has 2 unspecified atom stereocenters. The van der Waals surface area contributed by atoms with E-state index in [1.807, 2.05) is 0 Å². The van der Waals surface area contributed by atoms with Gasteiger partial charge in [-0.3, -0.25) is 0 Å². The van der Waals surface area contributed by atoms with Crippen LogP contribution in [0.2, 0.25) is 0 Å². The zero-order valence-electron chi connectivity index (χ0n) is 7.12. The number of fused-ring (bicyclic) bond motifs is 2. The van der Waals surface area contributed by atoms with Gasteiger partial charge in [0, 0.05) is 0 Å². The van der Waals surface area contributed by atoms with Gasteiger partial charge in [-0.15, -0.1) is 0 Å². The summed E-state index contributed by atoms with van der Waals surface area (Å²) in [5.41, 5.74) is 0.0405. The van der Waals surface area contributed by atoms with Crippen LogP contribution in [0.5, 0.6) is 0 Å². The van der Waals surface area contributed by atoms with Gasteiger partial charge in [-0.2, -0.15) is 5.26 Å². The summed E-state index contributed by atoms with van der Waals surface area (Å²) in [4.78, 5) is 0. The number of nitriles is 1. The van der Waals surface area contributed by atoms with E-state index < -0.39 is 0 Å². The van der Waals surface area contributed by atoms with Gasteiger partial charge >= 0.3 is 0 Å². The molecule has 3 aliphatic rings. The van der Waals surface area contributed by atoms with Gasteiger partial charge in [0.2, 0.25) is 0 Å². The van der Waals surface area contributed by atoms with Crippen molar-refractivity contribution in [3.8, 4) is 6.07 Å². The zero-order chi connectivity index (χ0) is 8.18. The van der Waals surface area contributed by atoms with Crippen molar-refractivity contribution in [2.45, 2.75) is 43.8 Å². The Morgan fingerprint density at radius 1 is 1.25 bits per heavy atom. The van der Waals surface area contributed by atoms with Crippen molar-refractivity contribution in [3.63, 3.8) is 0 Å². The lowest BCUT2D eigenvalue weighted by molar-refractivity contribution is 0.184. The molecule has 2 bridgehead atoms. The summed E-state index contributed by atoms with van der Waals surface area (Å²) in [5.74, 6) is 1.75. The van der Waals surface area contributed by atoms with E-state index >= 15 is 0 Å². The van der Waals surface area contributed by atoms with Crippen LogP contribution < -0.4 is 0 Å². The second kappa shape index (κ2) is 2.03. The first-order chi connectivity index (χ1) is 5.82. The van der Waals surface area contributed by atoms with Gasteiger partial charge in [-0.1, -0.05) is 12.8 Å². The molecule has 0 N–H and O–H groups in total. The monoisotopic (exact) mass is 163 g/mol. The van der Waals surface area contributed by atoms with Crippen molar-refractivity contribution < 1.29 is 4.74 Å². The molecule has 64 valence electrons. The summed E-state index contributed by atoms with van der Waals surface area (Å²) in [6.07, 6.45) is 6.45. The van der Waals surface area contributed by atoms with Crippen LogP contribution in [0.3, 0.4) is 0 Å². The molecular weight excluding hydrogens is 150 g/mol. The number of rotatable bonds is 0. The van der Waals surface area contributed by atoms with Gasteiger partial charge < -0.3 is 4.74 Å². The van der Waals surface area contributed by atoms with Crippen molar-refractivity contribution in [2.75, 3.05) is 0 Å². The van der Waals surface area contributed by atoms with E-state index in [0.29, 0.717) is 0 Å². The van der Waals surface area contributed by atoms with Crippen LogP contribution in [-0.4, -0.2) is 11.7 Å². The van der Waals surface area contributed by atoms with E-state index in [0.717, 1.165) is 11.8 Å². The van der Waals surface area contributed by atoms with Crippen molar-refractivity contribution in [2.24, 2.45) is 11.8 Å². The van der Waals surface area contributed by atoms with Crippen molar-refractivity contribution in [1.82, 2.24) is 0 Å². The van der Waals surface area contributed by atoms with E-state index in [9.17, 15) is 0 Å². The third kappa shape index (κ3) is 0.778. The van der Waals surface area contributed by atoms with Crippen LogP contribution in [0.4, 0.5) is 0 Å². The first kappa shape index (κ1) is 6.91.